The lowest BCUT2D eigenvalue weighted by Crippen LogP contribution is -2.42. The van der Waals surface area contributed by atoms with Crippen molar-refractivity contribution in [1.29, 1.82) is 0 Å². The molecule has 0 unspecified atom stereocenters. The van der Waals surface area contributed by atoms with E-state index in [9.17, 15) is 9.59 Å². The maximum atomic E-state index is 12.5. The quantitative estimate of drug-likeness (QED) is 0.779. The van der Waals surface area contributed by atoms with Gasteiger partial charge in [0, 0.05) is 38.9 Å². The van der Waals surface area contributed by atoms with Crippen LogP contribution in [-0.4, -0.2) is 53.1 Å². The van der Waals surface area contributed by atoms with Crippen LogP contribution in [0.15, 0.2) is 6.20 Å². The Morgan fingerprint density at radius 1 is 1.38 bits per heavy atom. The summed E-state index contributed by atoms with van der Waals surface area (Å²) in [5.74, 6) is 1.78. The van der Waals surface area contributed by atoms with Gasteiger partial charge in [-0.1, -0.05) is 6.92 Å². The molecule has 1 aromatic rings. The zero-order valence-corrected chi connectivity index (χ0v) is 14.6. The SMILES string of the molecule is COCCNC(=O)Cc1cn2c(n1)[C@H](C)N(C(=O)[C@H]1C[C@@H]1C)CC2. The second kappa shape index (κ2) is 6.93. The molecule has 7 nitrogen and oxygen atoms in total. The monoisotopic (exact) mass is 334 g/mol. The van der Waals surface area contributed by atoms with Crippen LogP contribution in [0.2, 0.25) is 0 Å². The molecule has 1 aliphatic heterocycles. The third-order valence-corrected chi connectivity index (χ3v) is 4.96. The molecule has 0 radical (unpaired) electrons. The number of carbonyl (C=O) groups excluding carboxylic acids is 2. The summed E-state index contributed by atoms with van der Waals surface area (Å²) in [5.41, 5.74) is 0.751. The summed E-state index contributed by atoms with van der Waals surface area (Å²) in [6, 6.07) is -0.0376. The molecule has 7 heteroatoms. The largest absolute Gasteiger partial charge is 0.383 e. The normalized spacial score (nSPS) is 25.3. The Morgan fingerprint density at radius 2 is 2.12 bits per heavy atom. The third-order valence-electron chi connectivity index (χ3n) is 4.96. The lowest BCUT2D eigenvalue weighted by Gasteiger charge is -2.34. The summed E-state index contributed by atoms with van der Waals surface area (Å²) in [6.07, 6.45) is 3.19. The first-order chi connectivity index (χ1) is 11.5. The molecule has 1 saturated carbocycles. The molecule has 1 aromatic heterocycles. The number of hydrogen-bond acceptors (Lipinski definition) is 4. The van der Waals surface area contributed by atoms with Crippen molar-refractivity contribution in [3.8, 4) is 0 Å². The van der Waals surface area contributed by atoms with E-state index in [1.54, 1.807) is 7.11 Å². The number of fused-ring (bicyclic) bond motifs is 1. The Balaban J connectivity index is 1.63. The molecule has 3 atom stereocenters. The summed E-state index contributed by atoms with van der Waals surface area (Å²) in [7, 11) is 1.60. The highest BCUT2D eigenvalue weighted by Gasteiger charge is 2.43. The Labute approximate surface area is 142 Å². The van der Waals surface area contributed by atoms with E-state index in [0.29, 0.717) is 25.6 Å². The van der Waals surface area contributed by atoms with Crippen LogP contribution in [0.4, 0.5) is 0 Å². The van der Waals surface area contributed by atoms with Crippen LogP contribution in [0.3, 0.4) is 0 Å². The highest BCUT2D eigenvalue weighted by molar-refractivity contribution is 5.82. The Hall–Kier alpha value is -1.89. The van der Waals surface area contributed by atoms with Crippen molar-refractivity contribution in [2.24, 2.45) is 11.8 Å². The number of imidazole rings is 1. The van der Waals surface area contributed by atoms with Gasteiger partial charge in [0.25, 0.3) is 0 Å². The second-order valence-electron chi connectivity index (χ2n) is 6.83. The van der Waals surface area contributed by atoms with Crippen LogP contribution >= 0.6 is 0 Å². The predicted molar refractivity (Wildman–Crippen MR) is 88.2 cm³/mol. The summed E-state index contributed by atoms with van der Waals surface area (Å²) in [6.45, 7) is 6.60. The molecule has 0 aromatic carbocycles. The fourth-order valence-electron chi connectivity index (χ4n) is 3.33. The number of amides is 2. The van der Waals surface area contributed by atoms with Crippen LogP contribution in [0.5, 0.6) is 0 Å². The molecule has 0 bridgehead atoms. The molecule has 1 fully saturated rings. The Morgan fingerprint density at radius 3 is 2.79 bits per heavy atom. The summed E-state index contributed by atoms with van der Waals surface area (Å²) < 4.78 is 6.99. The second-order valence-corrected chi connectivity index (χ2v) is 6.83. The fourth-order valence-corrected chi connectivity index (χ4v) is 3.33. The molecule has 1 aliphatic carbocycles. The van der Waals surface area contributed by atoms with Crippen molar-refractivity contribution in [2.75, 3.05) is 26.8 Å². The van der Waals surface area contributed by atoms with Crippen LogP contribution in [0.1, 0.15) is 37.8 Å². The molecular weight excluding hydrogens is 308 g/mol. The lowest BCUT2D eigenvalue weighted by atomic mass is 10.1. The van der Waals surface area contributed by atoms with Gasteiger partial charge in [-0.3, -0.25) is 9.59 Å². The zero-order chi connectivity index (χ0) is 17.3. The highest BCUT2D eigenvalue weighted by Crippen LogP contribution is 2.41. The third kappa shape index (κ3) is 3.45. The Kier molecular flexibility index (Phi) is 4.89. The van der Waals surface area contributed by atoms with Crippen molar-refractivity contribution in [2.45, 2.75) is 39.3 Å². The molecule has 2 heterocycles. The van der Waals surface area contributed by atoms with Gasteiger partial charge in [-0.25, -0.2) is 4.98 Å². The number of aromatic nitrogens is 2. The molecular formula is C17H26N4O3. The zero-order valence-electron chi connectivity index (χ0n) is 14.6. The number of methoxy groups -OCH3 is 1. The molecule has 0 saturated heterocycles. The summed E-state index contributed by atoms with van der Waals surface area (Å²) in [4.78, 5) is 31.0. The van der Waals surface area contributed by atoms with E-state index in [4.69, 9.17) is 4.74 Å². The van der Waals surface area contributed by atoms with E-state index < -0.39 is 0 Å². The van der Waals surface area contributed by atoms with Crippen molar-refractivity contribution in [3.63, 3.8) is 0 Å². The van der Waals surface area contributed by atoms with Crippen LogP contribution in [-0.2, 0) is 27.3 Å². The minimum Gasteiger partial charge on any atom is -0.383 e. The number of ether oxygens (including phenoxy) is 1. The highest BCUT2D eigenvalue weighted by atomic mass is 16.5. The molecule has 2 amide bonds. The van der Waals surface area contributed by atoms with Gasteiger partial charge >= 0.3 is 0 Å². The van der Waals surface area contributed by atoms with E-state index >= 15 is 0 Å². The van der Waals surface area contributed by atoms with Crippen molar-refractivity contribution in [1.82, 2.24) is 19.8 Å². The van der Waals surface area contributed by atoms with Gasteiger partial charge in [-0.05, 0) is 19.3 Å². The van der Waals surface area contributed by atoms with E-state index in [-0.39, 0.29) is 30.2 Å². The molecule has 3 rings (SSSR count). The minimum atomic E-state index is -0.0603. The summed E-state index contributed by atoms with van der Waals surface area (Å²) >= 11 is 0. The molecule has 132 valence electrons. The van der Waals surface area contributed by atoms with Crippen LogP contribution in [0, 0.1) is 11.8 Å². The van der Waals surface area contributed by atoms with E-state index in [1.807, 2.05) is 18.0 Å². The molecule has 1 N–H and O–H groups in total. The van der Waals surface area contributed by atoms with Crippen molar-refractivity contribution < 1.29 is 14.3 Å². The predicted octanol–water partition coefficient (Wildman–Crippen LogP) is 0.747. The number of carbonyl (C=O) groups is 2. The summed E-state index contributed by atoms with van der Waals surface area (Å²) in [5, 5.41) is 2.80. The average Bonchev–Trinajstić information content (AvgIpc) is 3.12. The molecule has 24 heavy (non-hydrogen) atoms. The molecule has 0 spiro atoms. The van der Waals surface area contributed by atoms with Crippen molar-refractivity contribution in [3.05, 3.63) is 17.7 Å². The topological polar surface area (TPSA) is 76.5 Å². The van der Waals surface area contributed by atoms with E-state index in [1.165, 1.54) is 0 Å². The van der Waals surface area contributed by atoms with Crippen LogP contribution < -0.4 is 5.32 Å². The van der Waals surface area contributed by atoms with Gasteiger partial charge in [0.2, 0.25) is 11.8 Å². The number of nitrogens with zero attached hydrogens (tertiary/aromatic N) is 3. The first-order valence-corrected chi connectivity index (χ1v) is 8.63. The average molecular weight is 334 g/mol. The fraction of sp³-hybridized carbons (Fsp3) is 0.706. The van der Waals surface area contributed by atoms with Gasteiger partial charge in [-0.2, -0.15) is 0 Å². The van der Waals surface area contributed by atoms with Gasteiger partial charge in [0.05, 0.1) is 24.8 Å². The molecule has 2 aliphatic rings. The van der Waals surface area contributed by atoms with Gasteiger partial charge in [0.15, 0.2) is 0 Å². The smallest absolute Gasteiger partial charge is 0.226 e. The first-order valence-electron chi connectivity index (χ1n) is 8.63. The number of rotatable bonds is 6. The van der Waals surface area contributed by atoms with E-state index in [2.05, 4.69) is 21.8 Å². The Bertz CT molecular complexity index is 627. The standard InChI is InChI=1S/C17H26N4O3/c1-11-8-14(11)17(23)21-6-5-20-10-13(19-16(20)12(21)2)9-15(22)18-4-7-24-3/h10-12,14H,4-9H2,1-3H3,(H,18,22)/t11-,12-,14-/m0/s1. The number of hydrogen-bond donors (Lipinski definition) is 1. The maximum Gasteiger partial charge on any atom is 0.226 e. The van der Waals surface area contributed by atoms with E-state index in [0.717, 1.165) is 24.5 Å². The maximum absolute atomic E-state index is 12.5. The van der Waals surface area contributed by atoms with Gasteiger partial charge < -0.3 is 19.5 Å². The first kappa shape index (κ1) is 17.0. The van der Waals surface area contributed by atoms with Gasteiger partial charge in [-0.15, -0.1) is 0 Å². The van der Waals surface area contributed by atoms with Crippen LogP contribution in [0.25, 0.3) is 0 Å². The number of nitrogens with one attached hydrogen (secondary N) is 1. The van der Waals surface area contributed by atoms with Gasteiger partial charge in [0.1, 0.15) is 5.82 Å². The van der Waals surface area contributed by atoms with Crippen molar-refractivity contribution >= 4 is 11.8 Å². The minimum absolute atomic E-state index is 0.0376. The lowest BCUT2D eigenvalue weighted by molar-refractivity contribution is -0.136.